The van der Waals surface area contributed by atoms with Crippen molar-refractivity contribution >= 4 is 28.9 Å². The van der Waals surface area contributed by atoms with E-state index in [2.05, 4.69) is 16.0 Å². The zero-order valence-electron chi connectivity index (χ0n) is 15.0. The van der Waals surface area contributed by atoms with Crippen LogP contribution in [-0.2, 0) is 9.59 Å². The largest absolute Gasteiger partial charge is 0.356 e. The van der Waals surface area contributed by atoms with Crippen molar-refractivity contribution in [2.24, 2.45) is 5.92 Å². The minimum absolute atomic E-state index is 0.143. The van der Waals surface area contributed by atoms with Gasteiger partial charge in [0.1, 0.15) is 6.04 Å². The number of hydrogen-bond acceptors (Lipinski definition) is 3. The average Bonchev–Trinajstić information content (AvgIpc) is 3.16. The van der Waals surface area contributed by atoms with E-state index in [-0.39, 0.29) is 17.7 Å². The summed E-state index contributed by atoms with van der Waals surface area (Å²) < 4.78 is 0. The third kappa shape index (κ3) is 4.85. The molecular formula is C21H25N3O2. The van der Waals surface area contributed by atoms with E-state index in [0.717, 1.165) is 42.7 Å². The van der Waals surface area contributed by atoms with Crippen molar-refractivity contribution in [3.63, 3.8) is 0 Å². The molecule has 136 valence electrons. The van der Waals surface area contributed by atoms with Crippen molar-refractivity contribution in [3.05, 3.63) is 54.6 Å². The number of rotatable bonds is 6. The van der Waals surface area contributed by atoms with Gasteiger partial charge in [-0.1, -0.05) is 31.0 Å². The molecule has 26 heavy (non-hydrogen) atoms. The Kier molecular flexibility index (Phi) is 5.89. The molecule has 0 radical (unpaired) electrons. The summed E-state index contributed by atoms with van der Waals surface area (Å²) in [7, 11) is 0. The van der Waals surface area contributed by atoms with Gasteiger partial charge in [-0.25, -0.2) is 0 Å². The Morgan fingerprint density at radius 3 is 2.08 bits per heavy atom. The van der Waals surface area contributed by atoms with Gasteiger partial charge < -0.3 is 16.0 Å². The predicted molar refractivity (Wildman–Crippen MR) is 104 cm³/mol. The molecule has 2 aromatic rings. The minimum Gasteiger partial charge on any atom is -0.356 e. The Bertz CT molecular complexity index is 738. The molecule has 1 saturated carbocycles. The molecule has 0 aliphatic heterocycles. The molecule has 0 unspecified atom stereocenters. The van der Waals surface area contributed by atoms with Crippen molar-refractivity contribution in [2.45, 2.75) is 38.6 Å². The first-order valence-electron chi connectivity index (χ1n) is 9.12. The summed E-state index contributed by atoms with van der Waals surface area (Å²) >= 11 is 0. The van der Waals surface area contributed by atoms with Crippen molar-refractivity contribution in [3.8, 4) is 0 Å². The van der Waals surface area contributed by atoms with Gasteiger partial charge in [-0.2, -0.15) is 0 Å². The van der Waals surface area contributed by atoms with Gasteiger partial charge in [0, 0.05) is 24.0 Å². The highest BCUT2D eigenvalue weighted by Crippen LogP contribution is 2.28. The van der Waals surface area contributed by atoms with Crippen LogP contribution in [0.25, 0.3) is 0 Å². The number of hydrogen-bond donors (Lipinski definition) is 3. The zero-order valence-corrected chi connectivity index (χ0v) is 15.0. The van der Waals surface area contributed by atoms with Crippen LogP contribution in [0.2, 0.25) is 0 Å². The number of benzene rings is 2. The van der Waals surface area contributed by atoms with Gasteiger partial charge in [0.05, 0.1) is 0 Å². The van der Waals surface area contributed by atoms with Crippen LogP contribution in [-0.4, -0.2) is 17.9 Å². The van der Waals surface area contributed by atoms with Crippen LogP contribution in [0.4, 0.5) is 17.1 Å². The molecule has 5 nitrogen and oxygen atoms in total. The molecule has 1 atom stereocenters. The van der Waals surface area contributed by atoms with Crippen LogP contribution >= 0.6 is 0 Å². The second-order valence-electron chi connectivity index (χ2n) is 6.78. The second kappa shape index (κ2) is 8.52. The Morgan fingerprint density at radius 2 is 1.46 bits per heavy atom. The lowest BCUT2D eigenvalue weighted by atomic mass is 9.97. The second-order valence-corrected chi connectivity index (χ2v) is 6.78. The van der Waals surface area contributed by atoms with E-state index >= 15 is 0 Å². The smallest absolute Gasteiger partial charge is 0.247 e. The van der Waals surface area contributed by atoms with Gasteiger partial charge in [-0.05, 0) is 55.2 Å². The summed E-state index contributed by atoms with van der Waals surface area (Å²) in [6, 6.07) is 17.0. The van der Waals surface area contributed by atoms with E-state index in [1.54, 1.807) is 0 Å². The fourth-order valence-electron chi connectivity index (χ4n) is 3.45. The highest BCUT2D eigenvalue weighted by atomic mass is 16.2. The zero-order chi connectivity index (χ0) is 18.4. The van der Waals surface area contributed by atoms with E-state index in [1.807, 2.05) is 54.6 Å². The number of para-hydroxylation sites is 1. The summed E-state index contributed by atoms with van der Waals surface area (Å²) in [6.45, 7) is 1.46. The van der Waals surface area contributed by atoms with Crippen LogP contribution in [0.5, 0.6) is 0 Å². The first-order chi connectivity index (χ1) is 12.6. The van der Waals surface area contributed by atoms with Crippen LogP contribution in [0.1, 0.15) is 32.6 Å². The molecule has 5 heteroatoms. The van der Waals surface area contributed by atoms with Crippen molar-refractivity contribution in [1.29, 1.82) is 0 Å². The minimum atomic E-state index is -0.461. The van der Waals surface area contributed by atoms with Crippen molar-refractivity contribution < 1.29 is 9.59 Å². The molecule has 0 saturated heterocycles. The predicted octanol–water partition coefficient (Wildman–Crippen LogP) is 4.06. The Balaban J connectivity index is 1.63. The third-order valence-corrected chi connectivity index (χ3v) is 4.73. The first-order valence-corrected chi connectivity index (χ1v) is 9.12. The molecule has 1 aliphatic carbocycles. The van der Waals surface area contributed by atoms with E-state index in [4.69, 9.17) is 0 Å². The number of anilines is 3. The quantitative estimate of drug-likeness (QED) is 0.735. The van der Waals surface area contributed by atoms with Gasteiger partial charge in [0.15, 0.2) is 0 Å². The number of amides is 2. The molecule has 3 N–H and O–H groups in total. The van der Waals surface area contributed by atoms with Crippen LogP contribution in [0.3, 0.4) is 0 Å². The van der Waals surface area contributed by atoms with Crippen LogP contribution in [0.15, 0.2) is 54.6 Å². The summed E-state index contributed by atoms with van der Waals surface area (Å²) in [5.41, 5.74) is 2.68. The first kappa shape index (κ1) is 18.0. The van der Waals surface area contributed by atoms with Gasteiger partial charge in [-0.15, -0.1) is 0 Å². The SMILES string of the molecule is CC(=O)N[C@H](C(=O)Nc1ccc(Nc2ccccc2)cc1)C1CCCC1. The maximum atomic E-state index is 12.7. The highest BCUT2D eigenvalue weighted by Gasteiger charge is 2.31. The number of nitrogens with one attached hydrogen (secondary N) is 3. The molecule has 0 aromatic heterocycles. The molecule has 1 aliphatic rings. The van der Waals surface area contributed by atoms with Gasteiger partial charge >= 0.3 is 0 Å². The maximum absolute atomic E-state index is 12.7. The van der Waals surface area contributed by atoms with Crippen molar-refractivity contribution in [2.75, 3.05) is 10.6 Å². The topological polar surface area (TPSA) is 70.2 Å². The lowest BCUT2D eigenvalue weighted by Gasteiger charge is -2.23. The molecular weight excluding hydrogens is 326 g/mol. The van der Waals surface area contributed by atoms with E-state index in [1.165, 1.54) is 6.92 Å². The monoisotopic (exact) mass is 351 g/mol. The Hall–Kier alpha value is -2.82. The summed E-state index contributed by atoms with van der Waals surface area (Å²) in [4.78, 5) is 24.2. The molecule has 3 rings (SSSR count). The molecule has 2 amide bonds. The van der Waals surface area contributed by atoms with Crippen LogP contribution in [0, 0.1) is 5.92 Å². The summed E-state index contributed by atoms with van der Waals surface area (Å²) in [5.74, 6) is -0.0896. The number of carbonyl (C=O) groups is 2. The van der Waals surface area contributed by atoms with E-state index < -0.39 is 6.04 Å². The fraction of sp³-hybridized carbons (Fsp3) is 0.333. The number of carbonyl (C=O) groups excluding carboxylic acids is 2. The molecule has 0 heterocycles. The third-order valence-electron chi connectivity index (χ3n) is 4.73. The molecule has 0 spiro atoms. The normalized spacial score (nSPS) is 15.3. The van der Waals surface area contributed by atoms with Crippen LogP contribution < -0.4 is 16.0 Å². The standard InChI is InChI=1S/C21H25N3O2/c1-15(25)22-20(16-7-5-6-8-16)21(26)24-19-13-11-18(12-14-19)23-17-9-3-2-4-10-17/h2-4,9-14,16,20,23H,5-8H2,1H3,(H,22,25)(H,24,26)/t20-/m0/s1. The average molecular weight is 351 g/mol. The lowest BCUT2D eigenvalue weighted by Crippen LogP contribution is -2.47. The lowest BCUT2D eigenvalue weighted by molar-refractivity contribution is -0.126. The summed E-state index contributed by atoms with van der Waals surface area (Å²) in [6.07, 6.45) is 4.21. The Labute approximate surface area is 154 Å². The van der Waals surface area contributed by atoms with Crippen molar-refractivity contribution in [1.82, 2.24) is 5.32 Å². The van der Waals surface area contributed by atoms with E-state index in [9.17, 15) is 9.59 Å². The fourth-order valence-corrected chi connectivity index (χ4v) is 3.45. The molecule has 0 bridgehead atoms. The van der Waals surface area contributed by atoms with E-state index in [0.29, 0.717) is 0 Å². The maximum Gasteiger partial charge on any atom is 0.247 e. The van der Waals surface area contributed by atoms with Gasteiger partial charge in [0.2, 0.25) is 11.8 Å². The van der Waals surface area contributed by atoms with Gasteiger partial charge in [0.25, 0.3) is 0 Å². The molecule has 2 aromatic carbocycles. The summed E-state index contributed by atoms with van der Waals surface area (Å²) in [5, 5.41) is 9.06. The molecule has 1 fully saturated rings. The van der Waals surface area contributed by atoms with Gasteiger partial charge in [-0.3, -0.25) is 9.59 Å². The highest BCUT2D eigenvalue weighted by molar-refractivity contribution is 5.97. The Morgan fingerprint density at radius 1 is 0.885 bits per heavy atom.